The third-order valence-corrected chi connectivity index (χ3v) is 8.31. The van der Waals surface area contributed by atoms with E-state index >= 15 is 0 Å². The molecule has 0 spiro atoms. The Balaban J connectivity index is 0.00000200. The van der Waals surface area contributed by atoms with Gasteiger partial charge in [0.1, 0.15) is 5.82 Å². The van der Waals surface area contributed by atoms with Crippen LogP contribution in [0, 0.1) is 5.82 Å². The number of halogens is 2. The van der Waals surface area contributed by atoms with Crippen LogP contribution in [-0.4, -0.2) is 8.80 Å². The van der Waals surface area contributed by atoms with E-state index in [2.05, 4.69) is 6.92 Å². The molecule has 0 unspecified atom stereocenters. The Labute approximate surface area is 141 Å². The summed E-state index contributed by atoms with van der Waals surface area (Å²) in [5.74, 6) is 0.308. The van der Waals surface area contributed by atoms with E-state index in [0.717, 1.165) is 5.56 Å². The predicted molar refractivity (Wildman–Crippen MR) is 84.5 cm³/mol. The summed E-state index contributed by atoms with van der Waals surface area (Å²) in [6, 6.07) is 9.77. The Morgan fingerprint density at radius 2 is 1.95 bits per heavy atom. The van der Waals surface area contributed by atoms with Crippen LogP contribution in [0.2, 0.25) is 23.2 Å². The Bertz CT molecular complexity index is 405. The maximum Gasteiger partial charge on any atom is 0.142 e. The molecule has 108 valence electrons. The summed E-state index contributed by atoms with van der Waals surface area (Å²) in [7, 11) is -0.462. The van der Waals surface area contributed by atoms with Gasteiger partial charge in [0.25, 0.3) is 0 Å². The van der Waals surface area contributed by atoms with Gasteiger partial charge in [0, 0.05) is 28.3 Å². The molecule has 1 saturated heterocycles. The molecule has 0 N–H and O–H groups in total. The quantitative estimate of drug-likeness (QED) is 0.460. The van der Waals surface area contributed by atoms with Crippen molar-refractivity contribution in [3.8, 4) is 0 Å². The van der Waals surface area contributed by atoms with Crippen molar-refractivity contribution in [3.05, 3.63) is 34.6 Å². The van der Waals surface area contributed by atoms with E-state index in [-0.39, 0.29) is 30.3 Å². The maximum atomic E-state index is 13.5. The number of unbranched alkanes of at least 4 members (excludes halogenated alkanes) is 2. The molecular weight excluding hydrogens is 340 g/mol. The van der Waals surface area contributed by atoms with Crippen LogP contribution >= 0.6 is 11.6 Å². The molecule has 1 aromatic carbocycles. The summed E-state index contributed by atoms with van der Waals surface area (Å²) < 4.78 is 13.5. The zero-order valence-electron chi connectivity index (χ0n) is 12.5. The van der Waals surface area contributed by atoms with Crippen molar-refractivity contribution >= 4 is 20.4 Å². The molecule has 0 aliphatic carbocycles. The smallest absolute Gasteiger partial charge is 0.142 e. The minimum absolute atomic E-state index is 0. The molecule has 1 aromatic rings. The maximum absolute atomic E-state index is 13.5. The Kier molecular flexibility index (Phi) is 8.55. The van der Waals surface area contributed by atoms with Crippen LogP contribution in [0.15, 0.2) is 18.2 Å². The van der Waals surface area contributed by atoms with E-state index in [4.69, 9.17) is 11.6 Å². The summed E-state index contributed by atoms with van der Waals surface area (Å²) in [5, 5.41) is 0.242. The van der Waals surface area contributed by atoms with Crippen LogP contribution in [0.3, 0.4) is 0 Å². The molecule has 2 rings (SSSR count). The number of rotatable bonds is 5. The van der Waals surface area contributed by atoms with Crippen molar-refractivity contribution in [1.82, 2.24) is 0 Å². The van der Waals surface area contributed by atoms with Gasteiger partial charge in [0.15, 0.2) is 0 Å². The Hall–Kier alpha value is 0.280. The number of benzene rings is 1. The van der Waals surface area contributed by atoms with Gasteiger partial charge in [0.05, 0.1) is 5.02 Å². The van der Waals surface area contributed by atoms with Gasteiger partial charge in [-0.25, -0.2) is 4.39 Å². The third-order valence-electron chi connectivity index (χ3n) is 4.48. The molecule has 0 amide bonds. The second-order valence-electron chi connectivity index (χ2n) is 5.89. The van der Waals surface area contributed by atoms with Crippen molar-refractivity contribution in [2.45, 2.75) is 63.1 Å². The average molecular weight is 364 g/mol. The monoisotopic (exact) mass is 362 g/mol. The minimum atomic E-state index is -0.462. The minimum Gasteiger partial charge on any atom is -0.205 e. The fourth-order valence-corrected chi connectivity index (χ4v) is 6.83. The Morgan fingerprint density at radius 3 is 2.55 bits per heavy atom. The van der Waals surface area contributed by atoms with E-state index in [1.165, 1.54) is 50.2 Å². The SMILES string of the molecule is CCCCC[SiH]1CCC(c2ccc(Cl)c(F)c2)CC1.[Zn]. The molecule has 0 nitrogen and oxygen atoms in total. The fourth-order valence-electron chi connectivity index (χ4n) is 3.23. The second kappa shape index (κ2) is 9.33. The van der Waals surface area contributed by atoms with Crippen LogP contribution in [-0.2, 0) is 19.5 Å². The molecule has 1 aliphatic heterocycles. The van der Waals surface area contributed by atoms with Gasteiger partial charge in [-0.15, -0.1) is 0 Å². The van der Waals surface area contributed by atoms with Crippen molar-refractivity contribution in [3.63, 3.8) is 0 Å². The summed E-state index contributed by atoms with van der Waals surface area (Å²) in [5.41, 5.74) is 1.16. The summed E-state index contributed by atoms with van der Waals surface area (Å²) in [6.07, 6.45) is 6.70. The van der Waals surface area contributed by atoms with Gasteiger partial charge < -0.3 is 0 Å². The molecule has 0 bridgehead atoms. The summed E-state index contributed by atoms with van der Waals surface area (Å²) in [6.45, 7) is 2.27. The summed E-state index contributed by atoms with van der Waals surface area (Å²) >= 11 is 5.75. The largest absolute Gasteiger partial charge is 0.205 e. The Morgan fingerprint density at radius 1 is 1.25 bits per heavy atom. The molecule has 1 heterocycles. The van der Waals surface area contributed by atoms with Crippen molar-refractivity contribution in [2.75, 3.05) is 0 Å². The molecule has 4 heteroatoms. The molecule has 0 saturated carbocycles. The first-order chi connectivity index (χ1) is 9.20. The normalized spacial score (nSPS) is 22.4. The van der Waals surface area contributed by atoms with E-state index in [1.54, 1.807) is 12.1 Å². The molecule has 0 aromatic heterocycles. The van der Waals surface area contributed by atoms with Crippen molar-refractivity contribution < 1.29 is 23.9 Å². The second-order valence-corrected chi connectivity index (χ2v) is 9.76. The van der Waals surface area contributed by atoms with Crippen LogP contribution in [0.4, 0.5) is 4.39 Å². The molecule has 1 fully saturated rings. The topological polar surface area (TPSA) is 0 Å². The van der Waals surface area contributed by atoms with Crippen molar-refractivity contribution in [2.24, 2.45) is 0 Å². The first-order valence-corrected chi connectivity index (χ1v) is 10.5. The van der Waals surface area contributed by atoms with Gasteiger partial charge in [-0.3, -0.25) is 0 Å². The van der Waals surface area contributed by atoms with Crippen LogP contribution in [0.1, 0.15) is 50.5 Å². The van der Waals surface area contributed by atoms with Gasteiger partial charge in [-0.1, -0.05) is 62.0 Å². The van der Waals surface area contributed by atoms with Crippen LogP contribution < -0.4 is 0 Å². The van der Waals surface area contributed by atoms with Gasteiger partial charge in [-0.05, 0) is 36.5 Å². The van der Waals surface area contributed by atoms with E-state index in [0.29, 0.717) is 5.92 Å². The third kappa shape index (κ3) is 5.24. The van der Waals surface area contributed by atoms with E-state index < -0.39 is 8.80 Å². The van der Waals surface area contributed by atoms with Gasteiger partial charge in [0.2, 0.25) is 0 Å². The van der Waals surface area contributed by atoms with Crippen LogP contribution in [0.25, 0.3) is 0 Å². The number of hydrogen-bond acceptors (Lipinski definition) is 0. The fraction of sp³-hybridized carbons (Fsp3) is 0.625. The standard InChI is InChI=1S/C16H24ClFSi.Zn/c1-2-3-4-9-19-10-7-13(8-11-19)14-5-6-15(17)16(18)12-14;/h5-6,12-13,19H,2-4,7-11H2,1H3;. The van der Waals surface area contributed by atoms with Gasteiger partial charge >= 0.3 is 0 Å². The number of hydrogen-bond donors (Lipinski definition) is 0. The van der Waals surface area contributed by atoms with E-state index in [1.807, 2.05) is 6.07 Å². The molecular formula is C16H24ClFSiZn. The van der Waals surface area contributed by atoms with E-state index in [9.17, 15) is 4.39 Å². The molecule has 0 atom stereocenters. The first-order valence-electron chi connectivity index (χ1n) is 7.65. The zero-order chi connectivity index (χ0) is 13.7. The molecule has 1 aliphatic rings. The van der Waals surface area contributed by atoms with Crippen LogP contribution in [0.5, 0.6) is 0 Å². The zero-order valence-corrected chi connectivity index (χ0v) is 17.4. The molecule has 0 radical (unpaired) electrons. The predicted octanol–water partition coefficient (Wildman–Crippen LogP) is 5.77. The molecule has 20 heavy (non-hydrogen) atoms. The first kappa shape index (κ1) is 18.3. The van der Waals surface area contributed by atoms with Crippen molar-refractivity contribution in [1.29, 1.82) is 0 Å². The average Bonchev–Trinajstić information content (AvgIpc) is 2.43. The summed E-state index contributed by atoms with van der Waals surface area (Å²) in [4.78, 5) is 0. The van der Waals surface area contributed by atoms with Gasteiger partial charge in [-0.2, -0.15) is 0 Å².